The predicted molar refractivity (Wildman–Crippen MR) is 105 cm³/mol. The molecule has 27 heavy (non-hydrogen) atoms. The fraction of sp³-hybridized carbons (Fsp3) is 0.0952. The molecule has 0 spiro atoms. The van der Waals surface area contributed by atoms with Gasteiger partial charge in [0.2, 0.25) is 0 Å². The molecule has 6 heteroatoms. The van der Waals surface area contributed by atoms with E-state index >= 15 is 0 Å². The quantitative estimate of drug-likeness (QED) is 0.254. The van der Waals surface area contributed by atoms with Gasteiger partial charge in [-0.1, -0.05) is 52.3 Å². The molecule has 2 aromatic carbocycles. The Bertz CT molecular complexity index is 1080. The lowest BCUT2D eigenvalue weighted by Crippen LogP contribution is -2.20. The molecule has 3 rings (SSSR count). The van der Waals surface area contributed by atoms with Gasteiger partial charge in [0.15, 0.2) is 12.4 Å². The minimum absolute atomic E-state index is 0.248. The van der Waals surface area contributed by atoms with Gasteiger partial charge in [0, 0.05) is 15.4 Å². The van der Waals surface area contributed by atoms with Crippen LogP contribution in [0.5, 0.6) is 0 Å². The molecule has 0 unspecified atom stereocenters. The molecule has 3 aromatic rings. The van der Waals surface area contributed by atoms with Crippen LogP contribution in [-0.4, -0.2) is 18.4 Å². The monoisotopic (exact) mass is 426 g/mol. The standard InChI is InChI=1S/C21H15BrO5/c1-2-4-14-5-3-6-15-11-17(21(25)27-19(14)15)20(24)26-12-18(23)13-7-9-16(22)10-8-13/h2-3,5-11H,1,4,12H2. The van der Waals surface area contributed by atoms with Crippen molar-refractivity contribution in [3.05, 3.63) is 92.8 Å². The third-order valence-corrected chi connectivity index (χ3v) is 4.45. The number of allylic oxidation sites excluding steroid dienone is 1. The van der Waals surface area contributed by atoms with Crippen molar-refractivity contribution in [2.75, 3.05) is 6.61 Å². The molecule has 1 aromatic heterocycles. The van der Waals surface area contributed by atoms with Crippen LogP contribution in [0.25, 0.3) is 11.0 Å². The Hall–Kier alpha value is -2.99. The Morgan fingerprint density at radius 3 is 2.59 bits per heavy atom. The van der Waals surface area contributed by atoms with Crippen LogP contribution < -0.4 is 5.63 Å². The Kier molecular flexibility index (Phi) is 5.66. The molecule has 0 N–H and O–H groups in total. The van der Waals surface area contributed by atoms with Gasteiger partial charge in [-0.2, -0.15) is 0 Å². The highest BCUT2D eigenvalue weighted by Gasteiger charge is 2.18. The molecule has 0 fully saturated rings. The molecule has 0 aliphatic rings. The summed E-state index contributed by atoms with van der Waals surface area (Å²) in [5.41, 5.74) is 0.558. The average Bonchev–Trinajstić information content (AvgIpc) is 2.66. The molecule has 1 heterocycles. The van der Waals surface area contributed by atoms with Crippen molar-refractivity contribution in [3.8, 4) is 0 Å². The Morgan fingerprint density at radius 1 is 1.15 bits per heavy atom. The average molecular weight is 427 g/mol. The van der Waals surface area contributed by atoms with Crippen molar-refractivity contribution in [1.29, 1.82) is 0 Å². The number of fused-ring (bicyclic) bond motifs is 1. The fourth-order valence-electron chi connectivity index (χ4n) is 2.59. The first-order valence-corrected chi connectivity index (χ1v) is 8.91. The van der Waals surface area contributed by atoms with Crippen LogP contribution in [0.3, 0.4) is 0 Å². The molecule has 0 aliphatic carbocycles. The minimum Gasteiger partial charge on any atom is -0.453 e. The highest BCUT2D eigenvalue weighted by Crippen LogP contribution is 2.19. The predicted octanol–water partition coefficient (Wildman–Crippen LogP) is 4.32. The first kappa shape index (κ1) is 18.8. The number of rotatable bonds is 6. The van der Waals surface area contributed by atoms with Gasteiger partial charge in [0.25, 0.3) is 0 Å². The van der Waals surface area contributed by atoms with Crippen LogP contribution in [-0.2, 0) is 11.2 Å². The van der Waals surface area contributed by atoms with Crippen LogP contribution in [0.4, 0.5) is 0 Å². The van der Waals surface area contributed by atoms with Gasteiger partial charge in [-0.3, -0.25) is 4.79 Å². The van der Waals surface area contributed by atoms with E-state index in [1.165, 1.54) is 6.07 Å². The summed E-state index contributed by atoms with van der Waals surface area (Å²) in [6.45, 7) is 3.21. The molecule has 0 aliphatic heterocycles. The maximum absolute atomic E-state index is 12.3. The number of esters is 1. The van der Waals surface area contributed by atoms with Gasteiger partial charge in [-0.25, -0.2) is 9.59 Å². The van der Waals surface area contributed by atoms with Gasteiger partial charge in [0.05, 0.1) is 0 Å². The van der Waals surface area contributed by atoms with E-state index in [1.54, 1.807) is 42.5 Å². The zero-order valence-electron chi connectivity index (χ0n) is 14.2. The number of benzene rings is 2. The van der Waals surface area contributed by atoms with Crippen molar-refractivity contribution in [2.45, 2.75) is 6.42 Å². The highest BCUT2D eigenvalue weighted by atomic mass is 79.9. The number of ether oxygens (including phenoxy) is 1. The third kappa shape index (κ3) is 4.23. The van der Waals surface area contributed by atoms with Crippen LogP contribution in [0, 0.1) is 0 Å². The summed E-state index contributed by atoms with van der Waals surface area (Å²) in [6, 6.07) is 13.4. The Morgan fingerprint density at radius 2 is 1.89 bits per heavy atom. The zero-order valence-corrected chi connectivity index (χ0v) is 15.8. The number of Topliss-reactive ketones (excluding diaryl/α,β-unsaturated/α-hetero) is 1. The molecule has 5 nitrogen and oxygen atoms in total. The van der Waals surface area contributed by atoms with Crippen LogP contribution >= 0.6 is 15.9 Å². The van der Waals surface area contributed by atoms with Crippen molar-refractivity contribution in [3.63, 3.8) is 0 Å². The molecule has 0 amide bonds. The lowest BCUT2D eigenvalue weighted by atomic mass is 10.1. The van der Waals surface area contributed by atoms with Crippen LogP contribution in [0.2, 0.25) is 0 Å². The maximum Gasteiger partial charge on any atom is 0.351 e. The third-order valence-electron chi connectivity index (χ3n) is 3.93. The number of ketones is 1. The SMILES string of the molecule is C=CCc1cccc2cc(C(=O)OCC(=O)c3ccc(Br)cc3)c(=O)oc12. The van der Waals surface area contributed by atoms with E-state index in [2.05, 4.69) is 22.5 Å². The van der Waals surface area contributed by atoms with Crippen LogP contribution in [0.15, 0.2) is 74.9 Å². The first-order valence-electron chi connectivity index (χ1n) is 8.12. The number of para-hydroxylation sites is 1. The summed E-state index contributed by atoms with van der Waals surface area (Å²) in [4.78, 5) is 36.6. The highest BCUT2D eigenvalue weighted by molar-refractivity contribution is 9.10. The molecule has 0 saturated heterocycles. The number of carbonyl (C=O) groups is 2. The van der Waals surface area contributed by atoms with Crippen molar-refractivity contribution < 1.29 is 18.7 Å². The Labute approximate surface area is 163 Å². The number of carbonyl (C=O) groups excluding carboxylic acids is 2. The fourth-order valence-corrected chi connectivity index (χ4v) is 2.86. The maximum atomic E-state index is 12.3. The Balaban J connectivity index is 1.80. The lowest BCUT2D eigenvalue weighted by molar-refractivity contribution is 0.0470. The molecule has 136 valence electrons. The van der Waals surface area contributed by atoms with Crippen molar-refractivity contribution >= 4 is 38.7 Å². The molecule has 0 radical (unpaired) electrons. The second kappa shape index (κ2) is 8.14. The van der Waals surface area contributed by atoms with Gasteiger partial charge in [-0.15, -0.1) is 6.58 Å². The second-order valence-corrected chi connectivity index (χ2v) is 6.70. The zero-order chi connectivity index (χ0) is 19.4. The molecule has 0 bridgehead atoms. The molecule has 0 saturated carbocycles. The second-order valence-electron chi connectivity index (χ2n) is 5.78. The van der Waals surface area contributed by atoms with E-state index in [4.69, 9.17) is 9.15 Å². The van der Waals surface area contributed by atoms with Gasteiger partial charge in [0.1, 0.15) is 11.1 Å². The number of halogens is 1. The van der Waals surface area contributed by atoms with Gasteiger partial charge in [-0.05, 0) is 30.2 Å². The van der Waals surface area contributed by atoms with Gasteiger partial charge >= 0.3 is 11.6 Å². The van der Waals surface area contributed by atoms with Crippen molar-refractivity contribution in [2.24, 2.45) is 0 Å². The largest absolute Gasteiger partial charge is 0.453 e. The minimum atomic E-state index is -0.898. The molecular weight excluding hydrogens is 412 g/mol. The van der Waals surface area contributed by atoms with E-state index in [0.29, 0.717) is 23.0 Å². The van der Waals surface area contributed by atoms with E-state index < -0.39 is 18.2 Å². The smallest absolute Gasteiger partial charge is 0.351 e. The molecular formula is C21H15BrO5. The summed E-state index contributed by atoms with van der Waals surface area (Å²) < 4.78 is 11.1. The normalized spacial score (nSPS) is 10.6. The van der Waals surface area contributed by atoms with E-state index in [0.717, 1.165) is 10.0 Å². The van der Waals surface area contributed by atoms with Crippen molar-refractivity contribution in [1.82, 2.24) is 0 Å². The summed E-state index contributed by atoms with van der Waals surface area (Å²) in [5.74, 6) is -1.26. The lowest BCUT2D eigenvalue weighted by Gasteiger charge is -2.06. The van der Waals surface area contributed by atoms with E-state index in [-0.39, 0.29) is 11.3 Å². The summed E-state index contributed by atoms with van der Waals surface area (Å²) >= 11 is 3.28. The topological polar surface area (TPSA) is 73.6 Å². The summed E-state index contributed by atoms with van der Waals surface area (Å²) in [6.07, 6.45) is 2.23. The summed E-state index contributed by atoms with van der Waals surface area (Å²) in [5, 5.41) is 0.597. The van der Waals surface area contributed by atoms with E-state index in [1.807, 2.05) is 6.07 Å². The number of hydrogen-bond donors (Lipinski definition) is 0. The summed E-state index contributed by atoms with van der Waals surface area (Å²) in [7, 11) is 0. The van der Waals surface area contributed by atoms with Gasteiger partial charge < -0.3 is 9.15 Å². The first-order chi connectivity index (χ1) is 13.0. The van der Waals surface area contributed by atoms with Crippen LogP contribution in [0.1, 0.15) is 26.3 Å². The van der Waals surface area contributed by atoms with E-state index in [9.17, 15) is 14.4 Å². The molecule has 0 atom stereocenters. The number of hydrogen-bond acceptors (Lipinski definition) is 5.